The van der Waals surface area contributed by atoms with Crippen LogP contribution in [0, 0.1) is 5.92 Å². The van der Waals surface area contributed by atoms with Gasteiger partial charge in [-0.2, -0.15) is 5.10 Å². The molecule has 21 heavy (non-hydrogen) atoms. The molecule has 1 aromatic heterocycles. The van der Waals surface area contributed by atoms with Crippen LogP contribution in [0.2, 0.25) is 0 Å². The van der Waals surface area contributed by atoms with Gasteiger partial charge in [0, 0.05) is 25.3 Å². The number of amides is 1. The van der Waals surface area contributed by atoms with Crippen LogP contribution in [0.3, 0.4) is 0 Å². The van der Waals surface area contributed by atoms with Crippen molar-refractivity contribution in [3.05, 3.63) is 18.0 Å². The summed E-state index contributed by atoms with van der Waals surface area (Å²) >= 11 is 0. The number of hydrogen-bond acceptors (Lipinski definition) is 4. The molecule has 118 valence electrons. The molecule has 2 atom stereocenters. The van der Waals surface area contributed by atoms with Crippen LogP contribution in [0.25, 0.3) is 0 Å². The lowest BCUT2D eigenvalue weighted by atomic mass is 10.0. The summed E-state index contributed by atoms with van der Waals surface area (Å²) in [6.45, 7) is 6.69. The molecule has 0 bridgehead atoms. The maximum absolute atomic E-state index is 12.2. The number of nitrogens with one attached hydrogen (secondary N) is 2. The number of aromatic nitrogens is 2. The van der Waals surface area contributed by atoms with Crippen LogP contribution in [0.5, 0.6) is 0 Å². The molecule has 1 amide bonds. The number of nitrogens with zero attached hydrogens (tertiary/aromatic N) is 2. The summed E-state index contributed by atoms with van der Waals surface area (Å²) < 4.78 is 1.90. The van der Waals surface area contributed by atoms with Crippen molar-refractivity contribution < 1.29 is 4.79 Å². The van der Waals surface area contributed by atoms with Gasteiger partial charge in [-0.15, -0.1) is 0 Å². The number of nitrogens with two attached hydrogens (primary N) is 1. The maximum Gasteiger partial charge on any atom is 0.272 e. The van der Waals surface area contributed by atoms with Crippen molar-refractivity contribution >= 4 is 5.91 Å². The minimum atomic E-state index is -0.131. The zero-order valence-corrected chi connectivity index (χ0v) is 13.0. The molecule has 0 saturated carbocycles. The monoisotopic (exact) mass is 293 g/mol. The summed E-state index contributed by atoms with van der Waals surface area (Å²) in [6, 6.07) is 2.15. The van der Waals surface area contributed by atoms with Gasteiger partial charge in [0.05, 0.1) is 6.04 Å². The topological polar surface area (TPSA) is 85.0 Å². The second-order valence-corrected chi connectivity index (χ2v) is 6.22. The number of carbonyl (C=O) groups is 1. The van der Waals surface area contributed by atoms with E-state index in [1.165, 1.54) is 0 Å². The zero-order chi connectivity index (χ0) is 15.2. The van der Waals surface area contributed by atoms with Crippen LogP contribution >= 0.6 is 0 Å². The first kappa shape index (κ1) is 16.0. The molecule has 2 unspecified atom stereocenters. The van der Waals surface area contributed by atoms with Crippen LogP contribution in [0.1, 0.15) is 49.6 Å². The fourth-order valence-electron chi connectivity index (χ4n) is 2.76. The van der Waals surface area contributed by atoms with E-state index in [2.05, 4.69) is 29.6 Å². The highest BCUT2D eigenvalue weighted by Crippen LogP contribution is 2.15. The minimum Gasteiger partial charge on any atom is -0.347 e. The third-order valence-corrected chi connectivity index (χ3v) is 3.86. The smallest absolute Gasteiger partial charge is 0.272 e. The lowest BCUT2D eigenvalue weighted by Gasteiger charge is -2.23. The molecule has 0 radical (unpaired) electrons. The van der Waals surface area contributed by atoms with E-state index in [0.29, 0.717) is 24.2 Å². The van der Waals surface area contributed by atoms with Crippen molar-refractivity contribution in [2.24, 2.45) is 11.7 Å². The summed E-state index contributed by atoms with van der Waals surface area (Å²) in [5.41, 5.74) is 6.20. The van der Waals surface area contributed by atoms with Crippen LogP contribution in [0.4, 0.5) is 0 Å². The van der Waals surface area contributed by atoms with E-state index in [1.54, 1.807) is 6.07 Å². The number of hydrogen-bond donors (Lipinski definition) is 3. The second kappa shape index (κ2) is 7.56. The van der Waals surface area contributed by atoms with E-state index < -0.39 is 0 Å². The average Bonchev–Trinajstić information content (AvgIpc) is 2.97. The fourth-order valence-corrected chi connectivity index (χ4v) is 2.76. The van der Waals surface area contributed by atoms with Crippen molar-refractivity contribution in [2.45, 2.75) is 45.2 Å². The average molecular weight is 293 g/mol. The van der Waals surface area contributed by atoms with Crippen molar-refractivity contribution in [3.63, 3.8) is 0 Å². The van der Waals surface area contributed by atoms with E-state index in [0.717, 1.165) is 32.4 Å². The Hall–Kier alpha value is -1.40. The third-order valence-electron chi connectivity index (χ3n) is 3.86. The molecule has 1 aromatic rings. The highest BCUT2D eigenvalue weighted by Gasteiger charge is 2.19. The lowest BCUT2D eigenvalue weighted by Crippen LogP contribution is -2.41. The van der Waals surface area contributed by atoms with Crippen molar-refractivity contribution in [2.75, 3.05) is 19.6 Å². The molecule has 1 saturated heterocycles. The Labute approximate surface area is 126 Å². The zero-order valence-electron chi connectivity index (χ0n) is 13.0. The van der Waals surface area contributed by atoms with Gasteiger partial charge in [-0.05, 0) is 37.8 Å². The number of carbonyl (C=O) groups excluding carboxylic acids is 1. The SMILES string of the molecule is CC(C)CC(CN)NC(=O)c1ccn(C2CCCNC2)n1. The molecule has 2 rings (SSSR count). The molecule has 1 aliphatic heterocycles. The molecule has 2 heterocycles. The first-order valence-corrected chi connectivity index (χ1v) is 7.87. The second-order valence-electron chi connectivity index (χ2n) is 6.22. The predicted molar refractivity (Wildman–Crippen MR) is 83.1 cm³/mol. The lowest BCUT2D eigenvalue weighted by molar-refractivity contribution is 0.0927. The Bertz CT molecular complexity index is 451. The van der Waals surface area contributed by atoms with Gasteiger partial charge in [-0.25, -0.2) is 0 Å². The van der Waals surface area contributed by atoms with Gasteiger partial charge in [-0.3, -0.25) is 9.48 Å². The molecule has 0 spiro atoms. The van der Waals surface area contributed by atoms with E-state index in [9.17, 15) is 4.79 Å². The van der Waals surface area contributed by atoms with Crippen molar-refractivity contribution in [3.8, 4) is 0 Å². The Morgan fingerprint density at radius 3 is 3.05 bits per heavy atom. The molecule has 1 fully saturated rings. The van der Waals surface area contributed by atoms with Crippen LogP contribution in [-0.2, 0) is 0 Å². The van der Waals surface area contributed by atoms with Crippen LogP contribution < -0.4 is 16.4 Å². The molecule has 0 aromatic carbocycles. The summed E-state index contributed by atoms with van der Waals surface area (Å²) in [5, 5.41) is 10.8. The summed E-state index contributed by atoms with van der Waals surface area (Å²) in [7, 11) is 0. The normalized spacial score (nSPS) is 20.5. The van der Waals surface area contributed by atoms with E-state index in [4.69, 9.17) is 5.73 Å². The van der Waals surface area contributed by atoms with E-state index in [-0.39, 0.29) is 11.9 Å². The van der Waals surface area contributed by atoms with Gasteiger partial charge >= 0.3 is 0 Å². The Kier molecular flexibility index (Phi) is 5.76. The standard InChI is InChI=1S/C15H27N5O/c1-11(2)8-12(9-16)18-15(21)14-5-7-20(19-14)13-4-3-6-17-10-13/h5,7,11-13,17H,3-4,6,8-10,16H2,1-2H3,(H,18,21). The van der Waals surface area contributed by atoms with Crippen molar-refractivity contribution in [1.29, 1.82) is 0 Å². The Morgan fingerprint density at radius 1 is 1.62 bits per heavy atom. The Morgan fingerprint density at radius 2 is 2.43 bits per heavy atom. The van der Waals surface area contributed by atoms with Gasteiger partial charge in [0.25, 0.3) is 5.91 Å². The van der Waals surface area contributed by atoms with Gasteiger partial charge in [-0.1, -0.05) is 13.8 Å². The highest BCUT2D eigenvalue weighted by molar-refractivity contribution is 5.92. The first-order valence-electron chi connectivity index (χ1n) is 7.87. The van der Waals surface area contributed by atoms with Crippen LogP contribution in [0.15, 0.2) is 12.3 Å². The maximum atomic E-state index is 12.2. The molecular formula is C15H27N5O. The predicted octanol–water partition coefficient (Wildman–Crippen LogP) is 0.911. The third kappa shape index (κ3) is 4.54. The summed E-state index contributed by atoms with van der Waals surface area (Å²) in [5.74, 6) is 0.373. The highest BCUT2D eigenvalue weighted by atomic mass is 16.2. The van der Waals surface area contributed by atoms with E-state index >= 15 is 0 Å². The molecule has 4 N–H and O–H groups in total. The van der Waals surface area contributed by atoms with Gasteiger partial charge in [0.2, 0.25) is 0 Å². The Balaban J connectivity index is 1.94. The number of rotatable bonds is 6. The fraction of sp³-hybridized carbons (Fsp3) is 0.733. The first-order chi connectivity index (χ1) is 10.1. The molecule has 1 aliphatic rings. The molecular weight excluding hydrogens is 266 g/mol. The van der Waals surface area contributed by atoms with Gasteiger partial charge < -0.3 is 16.4 Å². The van der Waals surface area contributed by atoms with E-state index in [1.807, 2.05) is 10.9 Å². The van der Waals surface area contributed by atoms with Gasteiger partial charge in [0.1, 0.15) is 5.69 Å². The molecule has 6 heteroatoms. The molecule has 6 nitrogen and oxygen atoms in total. The largest absolute Gasteiger partial charge is 0.347 e. The summed E-state index contributed by atoms with van der Waals surface area (Å²) in [6.07, 6.45) is 5.03. The minimum absolute atomic E-state index is 0.0130. The molecule has 0 aliphatic carbocycles. The quantitative estimate of drug-likeness (QED) is 0.728. The van der Waals surface area contributed by atoms with Gasteiger partial charge in [0.15, 0.2) is 0 Å². The van der Waals surface area contributed by atoms with Crippen molar-refractivity contribution in [1.82, 2.24) is 20.4 Å². The summed E-state index contributed by atoms with van der Waals surface area (Å²) in [4.78, 5) is 12.2. The number of piperidine rings is 1. The van der Waals surface area contributed by atoms with Crippen LogP contribution in [-0.4, -0.2) is 41.4 Å².